The average Bonchev–Trinajstić information content (AvgIpc) is 2.62. The van der Waals surface area contributed by atoms with Gasteiger partial charge in [0.05, 0.1) is 15.6 Å². The molecule has 1 N–H and O–H groups in total. The van der Waals surface area contributed by atoms with Crippen molar-refractivity contribution >= 4 is 44.8 Å². The number of hydrogen-bond donors (Lipinski definition) is 1. The summed E-state index contributed by atoms with van der Waals surface area (Å²) >= 11 is 12.3. The molecule has 0 atom stereocenters. The number of amides is 1. The van der Waals surface area contributed by atoms with E-state index in [0.29, 0.717) is 17.5 Å². The van der Waals surface area contributed by atoms with E-state index >= 15 is 0 Å². The molecule has 1 amide bonds. The third kappa shape index (κ3) is 5.87. The van der Waals surface area contributed by atoms with E-state index in [2.05, 4.69) is 5.32 Å². The van der Waals surface area contributed by atoms with Crippen molar-refractivity contribution in [1.29, 1.82) is 0 Å². The molecule has 0 fully saturated rings. The molecule has 0 heterocycles. The van der Waals surface area contributed by atoms with Crippen molar-refractivity contribution in [1.82, 2.24) is 5.32 Å². The lowest BCUT2D eigenvalue weighted by atomic mass is 10.1. The van der Waals surface area contributed by atoms with Crippen LogP contribution in [0.5, 0.6) is 0 Å². The molecule has 0 saturated heterocycles. The molecule has 0 aliphatic carbocycles. The first-order valence-corrected chi connectivity index (χ1v) is 11.1. The third-order valence-electron chi connectivity index (χ3n) is 4.12. The zero-order valence-electron chi connectivity index (χ0n) is 16.1. The van der Waals surface area contributed by atoms with Crippen LogP contribution in [0, 0.1) is 12.8 Å². The molecule has 0 aliphatic heterocycles. The summed E-state index contributed by atoms with van der Waals surface area (Å²) in [4.78, 5) is 12.5. The number of benzene rings is 2. The standard InChI is InChI=1S/C20H24Cl2N2O3S/c1-14(2)10-11-23-20(25)13-24(19-12-16(21)6-9-18(19)22)28(26,27)17-7-4-15(3)5-8-17/h4-9,12,14H,10-11,13H2,1-3H3,(H,23,25). The average molecular weight is 443 g/mol. The Morgan fingerprint density at radius 2 is 1.75 bits per heavy atom. The number of nitrogens with zero attached hydrogens (tertiary/aromatic N) is 1. The first kappa shape index (κ1) is 22.5. The maximum atomic E-state index is 13.3. The smallest absolute Gasteiger partial charge is 0.264 e. The Kier molecular flexibility index (Phi) is 7.75. The van der Waals surface area contributed by atoms with Gasteiger partial charge in [-0.2, -0.15) is 0 Å². The molecule has 2 aromatic carbocycles. The summed E-state index contributed by atoms with van der Waals surface area (Å²) in [5, 5.41) is 3.27. The second-order valence-electron chi connectivity index (χ2n) is 6.95. The van der Waals surface area contributed by atoms with E-state index < -0.39 is 22.5 Å². The van der Waals surface area contributed by atoms with Crippen LogP contribution in [-0.2, 0) is 14.8 Å². The second kappa shape index (κ2) is 9.63. The highest BCUT2D eigenvalue weighted by molar-refractivity contribution is 7.92. The summed E-state index contributed by atoms with van der Waals surface area (Å²) in [6.45, 7) is 6.04. The highest BCUT2D eigenvalue weighted by Crippen LogP contribution is 2.32. The lowest BCUT2D eigenvalue weighted by molar-refractivity contribution is -0.119. The van der Waals surface area contributed by atoms with Gasteiger partial charge in [0, 0.05) is 11.6 Å². The highest BCUT2D eigenvalue weighted by Gasteiger charge is 2.29. The second-order valence-corrected chi connectivity index (χ2v) is 9.66. The quantitative estimate of drug-likeness (QED) is 0.646. The van der Waals surface area contributed by atoms with Gasteiger partial charge in [0.25, 0.3) is 10.0 Å². The minimum Gasteiger partial charge on any atom is -0.355 e. The molecular formula is C20H24Cl2N2O3S. The molecule has 0 radical (unpaired) electrons. The largest absolute Gasteiger partial charge is 0.355 e. The molecule has 0 unspecified atom stereocenters. The van der Waals surface area contributed by atoms with Crippen LogP contribution in [0.15, 0.2) is 47.4 Å². The number of sulfonamides is 1. The predicted octanol–water partition coefficient (Wildman–Crippen LogP) is 4.66. The monoisotopic (exact) mass is 442 g/mol. The normalized spacial score (nSPS) is 11.5. The number of hydrogen-bond acceptors (Lipinski definition) is 3. The van der Waals surface area contributed by atoms with Gasteiger partial charge in [-0.25, -0.2) is 8.42 Å². The van der Waals surface area contributed by atoms with Gasteiger partial charge >= 0.3 is 0 Å². The van der Waals surface area contributed by atoms with Crippen LogP contribution in [0.1, 0.15) is 25.8 Å². The van der Waals surface area contributed by atoms with Crippen molar-refractivity contribution in [3.8, 4) is 0 Å². The van der Waals surface area contributed by atoms with E-state index in [0.717, 1.165) is 16.3 Å². The van der Waals surface area contributed by atoms with Gasteiger partial charge in [0.1, 0.15) is 6.54 Å². The van der Waals surface area contributed by atoms with Crippen molar-refractivity contribution in [2.75, 3.05) is 17.4 Å². The Labute approximate surface area is 176 Å². The number of carbonyl (C=O) groups is 1. The number of aryl methyl sites for hydroxylation is 1. The van der Waals surface area contributed by atoms with Crippen LogP contribution in [0.25, 0.3) is 0 Å². The zero-order chi connectivity index (χ0) is 20.9. The molecule has 8 heteroatoms. The van der Waals surface area contributed by atoms with Crippen molar-refractivity contribution in [3.05, 3.63) is 58.1 Å². The van der Waals surface area contributed by atoms with Crippen LogP contribution in [-0.4, -0.2) is 27.4 Å². The van der Waals surface area contributed by atoms with Crippen molar-refractivity contribution in [3.63, 3.8) is 0 Å². The van der Waals surface area contributed by atoms with Gasteiger partial charge in [0.15, 0.2) is 0 Å². The molecular weight excluding hydrogens is 419 g/mol. The predicted molar refractivity (Wildman–Crippen MR) is 115 cm³/mol. The Morgan fingerprint density at radius 3 is 2.36 bits per heavy atom. The van der Waals surface area contributed by atoms with Crippen LogP contribution in [0.4, 0.5) is 5.69 Å². The summed E-state index contributed by atoms with van der Waals surface area (Å²) in [5.74, 6) is 0.0162. The summed E-state index contributed by atoms with van der Waals surface area (Å²) in [7, 11) is -4.02. The molecule has 28 heavy (non-hydrogen) atoms. The van der Waals surface area contributed by atoms with E-state index in [9.17, 15) is 13.2 Å². The Bertz CT molecular complexity index is 929. The van der Waals surface area contributed by atoms with Gasteiger partial charge < -0.3 is 5.32 Å². The molecule has 152 valence electrons. The third-order valence-corrected chi connectivity index (χ3v) is 6.45. The highest BCUT2D eigenvalue weighted by atomic mass is 35.5. The molecule has 2 rings (SSSR count). The van der Waals surface area contributed by atoms with Crippen LogP contribution in [0.3, 0.4) is 0 Å². The minimum atomic E-state index is -4.02. The van der Waals surface area contributed by atoms with E-state index in [1.807, 2.05) is 20.8 Å². The molecule has 2 aromatic rings. The number of anilines is 1. The maximum Gasteiger partial charge on any atom is 0.264 e. The SMILES string of the molecule is Cc1ccc(S(=O)(=O)N(CC(=O)NCCC(C)C)c2cc(Cl)ccc2Cl)cc1. The van der Waals surface area contributed by atoms with E-state index in [-0.39, 0.29) is 15.6 Å². The topological polar surface area (TPSA) is 66.5 Å². The Hall–Kier alpha value is -1.76. The summed E-state index contributed by atoms with van der Waals surface area (Å²) in [5.41, 5.74) is 1.09. The molecule has 0 spiro atoms. The lowest BCUT2D eigenvalue weighted by Crippen LogP contribution is -2.41. The summed E-state index contributed by atoms with van der Waals surface area (Å²) in [6, 6.07) is 10.9. The lowest BCUT2D eigenvalue weighted by Gasteiger charge is -2.25. The number of nitrogens with one attached hydrogen (secondary N) is 1. The Morgan fingerprint density at radius 1 is 1.11 bits per heavy atom. The molecule has 0 saturated carbocycles. The molecule has 5 nitrogen and oxygen atoms in total. The van der Waals surface area contributed by atoms with E-state index in [4.69, 9.17) is 23.2 Å². The minimum absolute atomic E-state index is 0.0733. The van der Waals surface area contributed by atoms with Gasteiger partial charge in [-0.05, 0) is 49.6 Å². The molecule has 0 bridgehead atoms. The van der Waals surface area contributed by atoms with Crippen molar-refractivity contribution in [2.45, 2.75) is 32.1 Å². The number of carbonyl (C=O) groups excluding carboxylic acids is 1. The van der Waals surface area contributed by atoms with Gasteiger partial charge in [-0.1, -0.05) is 54.7 Å². The first-order valence-electron chi connectivity index (χ1n) is 8.92. The maximum absolute atomic E-state index is 13.3. The van der Waals surface area contributed by atoms with Gasteiger partial charge in [-0.15, -0.1) is 0 Å². The molecule has 0 aliphatic rings. The van der Waals surface area contributed by atoms with Crippen LogP contribution in [0.2, 0.25) is 10.0 Å². The first-order chi connectivity index (χ1) is 13.1. The van der Waals surface area contributed by atoms with Crippen molar-refractivity contribution < 1.29 is 13.2 Å². The van der Waals surface area contributed by atoms with Gasteiger partial charge in [-0.3, -0.25) is 9.10 Å². The van der Waals surface area contributed by atoms with Gasteiger partial charge in [0.2, 0.25) is 5.91 Å². The zero-order valence-corrected chi connectivity index (χ0v) is 18.4. The van der Waals surface area contributed by atoms with Crippen LogP contribution < -0.4 is 9.62 Å². The fourth-order valence-electron chi connectivity index (χ4n) is 2.50. The summed E-state index contributed by atoms with van der Waals surface area (Å²) in [6.07, 6.45) is 0.800. The van der Waals surface area contributed by atoms with E-state index in [1.165, 1.54) is 24.3 Å². The van der Waals surface area contributed by atoms with Crippen molar-refractivity contribution in [2.24, 2.45) is 5.92 Å². The van der Waals surface area contributed by atoms with E-state index in [1.54, 1.807) is 18.2 Å². The molecule has 0 aromatic heterocycles. The Balaban J connectivity index is 2.40. The fourth-order valence-corrected chi connectivity index (χ4v) is 4.37. The summed E-state index contributed by atoms with van der Waals surface area (Å²) < 4.78 is 27.5. The number of halogens is 2. The number of rotatable bonds is 8. The fraction of sp³-hybridized carbons (Fsp3) is 0.350. The van der Waals surface area contributed by atoms with Crippen LogP contribution >= 0.6 is 23.2 Å².